The average Bonchev–Trinajstić information content (AvgIpc) is 2.95. The van der Waals surface area contributed by atoms with Crippen LogP contribution in [0, 0.1) is 0 Å². The molecule has 0 saturated heterocycles. The fourth-order valence-corrected chi connectivity index (χ4v) is 2.60. The van der Waals surface area contributed by atoms with Crippen molar-refractivity contribution < 1.29 is 4.79 Å². The van der Waals surface area contributed by atoms with Gasteiger partial charge in [0.15, 0.2) is 0 Å². The second kappa shape index (κ2) is 5.65. The first kappa shape index (κ1) is 13.8. The summed E-state index contributed by atoms with van der Waals surface area (Å²) in [4.78, 5) is 18.8. The molecular weight excluding hydrogens is 284 g/mol. The van der Waals surface area contributed by atoms with E-state index in [1.54, 1.807) is 6.20 Å². The molecule has 21 heavy (non-hydrogen) atoms. The number of hydrogen-bond donors (Lipinski definition) is 1. The van der Waals surface area contributed by atoms with Gasteiger partial charge in [-0.2, -0.15) is 0 Å². The molecule has 0 unspecified atom stereocenters. The highest BCUT2D eigenvalue weighted by molar-refractivity contribution is 7.80. The van der Waals surface area contributed by atoms with E-state index in [4.69, 9.17) is 18.0 Å². The van der Waals surface area contributed by atoms with Crippen LogP contribution >= 0.6 is 12.2 Å². The van der Waals surface area contributed by atoms with Crippen LogP contribution in [0.3, 0.4) is 0 Å². The maximum atomic E-state index is 12.4. The number of thiocarbonyl (C=S) groups is 1. The minimum atomic E-state index is 0.118. The molecule has 0 saturated carbocycles. The lowest BCUT2D eigenvalue weighted by Gasteiger charge is -2.27. The van der Waals surface area contributed by atoms with Crippen molar-refractivity contribution in [2.24, 2.45) is 5.73 Å². The molecule has 2 heterocycles. The van der Waals surface area contributed by atoms with Crippen molar-refractivity contribution in [1.29, 1.82) is 0 Å². The van der Waals surface area contributed by atoms with Crippen molar-refractivity contribution in [2.75, 3.05) is 6.54 Å². The molecule has 1 aliphatic heterocycles. The summed E-state index contributed by atoms with van der Waals surface area (Å²) in [5.41, 5.74) is 7.35. The van der Waals surface area contributed by atoms with Crippen LogP contribution in [0.2, 0.25) is 0 Å². The Bertz CT molecular complexity index is 677. The first-order chi connectivity index (χ1) is 10.1. The van der Waals surface area contributed by atoms with Crippen molar-refractivity contribution in [1.82, 2.24) is 14.5 Å². The number of fused-ring (bicyclic) bond motifs is 1. The molecule has 1 aromatic heterocycles. The van der Waals surface area contributed by atoms with Gasteiger partial charge in [0, 0.05) is 31.0 Å². The van der Waals surface area contributed by atoms with E-state index in [0.29, 0.717) is 18.0 Å². The third-order valence-electron chi connectivity index (χ3n) is 3.69. The minimum Gasteiger partial charge on any atom is -0.389 e. The van der Waals surface area contributed by atoms with E-state index in [9.17, 15) is 4.79 Å². The predicted octanol–water partition coefficient (Wildman–Crippen LogP) is 1.10. The fourth-order valence-electron chi connectivity index (χ4n) is 2.46. The maximum absolute atomic E-state index is 12.4. The van der Waals surface area contributed by atoms with Crippen molar-refractivity contribution in [3.8, 4) is 0 Å². The van der Waals surface area contributed by atoms with Gasteiger partial charge in [0.25, 0.3) is 0 Å². The Morgan fingerprint density at radius 1 is 1.29 bits per heavy atom. The summed E-state index contributed by atoms with van der Waals surface area (Å²) in [5, 5.41) is 0. The molecule has 3 rings (SSSR count). The van der Waals surface area contributed by atoms with Gasteiger partial charge >= 0.3 is 0 Å². The quantitative estimate of drug-likeness (QED) is 0.862. The van der Waals surface area contributed by atoms with E-state index in [1.165, 1.54) is 0 Å². The van der Waals surface area contributed by atoms with Gasteiger partial charge in [-0.3, -0.25) is 4.79 Å². The number of amides is 1. The predicted molar refractivity (Wildman–Crippen MR) is 83.7 cm³/mol. The van der Waals surface area contributed by atoms with Crippen molar-refractivity contribution in [3.63, 3.8) is 0 Å². The smallest absolute Gasteiger partial charge is 0.227 e. The molecule has 1 aromatic carbocycles. The topological polar surface area (TPSA) is 64.2 Å². The van der Waals surface area contributed by atoms with E-state index in [-0.39, 0.29) is 5.91 Å². The molecule has 1 aliphatic rings. The van der Waals surface area contributed by atoms with E-state index in [1.807, 2.05) is 35.4 Å². The molecular formula is C15H16N4OS. The Balaban J connectivity index is 1.65. The molecule has 0 spiro atoms. The number of nitrogens with two attached hydrogens (primary N) is 1. The third kappa shape index (κ3) is 2.95. The molecule has 108 valence electrons. The Morgan fingerprint density at radius 3 is 2.76 bits per heavy atom. The molecule has 1 amide bonds. The Morgan fingerprint density at radius 2 is 2.05 bits per heavy atom. The van der Waals surface area contributed by atoms with Crippen LogP contribution < -0.4 is 5.73 Å². The zero-order chi connectivity index (χ0) is 14.8. The van der Waals surface area contributed by atoms with Gasteiger partial charge in [0.1, 0.15) is 10.8 Å². The van der Waals surface area contributed by atoms with Crippen molar-refractivity contribution in [3.05, 3.63) is 53.6 Å². The van der Waals surface area contributed by atoms with Crippen LogP contribution in [-0.4, -0.2) is 31.9 Å². The van der Waals surface area contributed by atoms with Crippen molar-refractivity contribution >= 4 is 23.1 Å². The second-order valence-electron chi connectivity index (χ2n) is 5.09. The zero-order valence-electron chi connectivity index (χ0n) is 11.5. The average molecular weight is 300 g/mol. The number of aromatic nitrogens is 2. The monoisotopic (exact) mass is 300 g/mol. The van der Waals surface area contributed by atoms with E-state index >= 15 is 0 Å². The summed E-state index contributed by atoms with van der Waals surface area (Å²) in [6.07, 6.45) is 4.11. The molecule has 6 heteroatoms. The van der Waals surface area contributed by atoms with Gasteiger partial charge in [0.2, 0.25) is 5.91 Å². The van der Waals surface area contributed by atoms with Crippen LogP contribution in [0.1, 0.15) is 17.0 Å². The van der Waals surface area contributed by atoms with E-state index in [0.717, 1.165) is 30.0 Å². The van der Waals surface area contributed by atoms with Crippen molar-refractivity contribution in [2.45, 2.75) is 19.5 Å². The van der Waals surface area contributed by atoms with Crippen LogP contribution in [-0.2, 0) is 24.3 Å². The highest BCUT2D eigenvalue weighted by Crippen LogP contribution is 2.13. The van der Waals surface area contributed by atoms with E-state index in [2.05, 4.69) is 9.55 Å². The van der Waals surface area contributed by atoms with E-state index < -0.39 is 0 Å². The first-order valence-corrected chi connectivity index (χ1v) is 7.21. The molecule has 0 aliphatic carbocycles. The normalized spacial score (nSPS) is 13.8. The van der Waals surface area contributed by atoms with Gasteiger partial charge in [-0.15, -0.1) is 0 Å². The lowest BCUT2D eigenvalue weighted by molar-refractivity contribution is -0.132. The summed E-state index contributed by atoms with van der Waals surface area (Å²) in [7, 11) is 0. The number of nitrogens with zero attached hydrogens (tertiary/aromatic N) is 3. The standard InChI is InChI=1S/C15H16N4OS/c16-15(21)12-3-1-11(2-4-12)9-14(20)19-8-7-18-6-5-17-13(18)10-19/h1-6H,7-10H2,(H2,16,21). The number of carbonyl (C=O) groups is 1. The molecule has 2 N–H and O–H groups in total. The Hall–Kier alpha value is -2.21. The molecule has 0 atom stereocenters. The number of hydrogen-bond acceptors (Lipinski definition) is 3. The van der Waals surface area contributed by atoms with Gasteiger partial charge in [-0.1, -0.05) is 36.5 Å². The summed E-state index contributed by atoms with van der Waals surface area (Å²) >= 11 is 4.92. The van der Waals surface area contributed by atoms with Gasteiger partial charge < -0.3 is 15.2 Å². The van der Waals surface area contributed by atoms with Gasteiger partial charge in [-0.25, -0.2) is 4.98 Å². The minimum absolute atomic E-state index is 0.118. The SMILES string of the molecule is NC(=S)c1ccc(CC(=O)N2CCn3ccnc3C2)cc1. The number of benzene rings is 1. The molecule has 5 nitrogen and oxygen atoms in total. The number of carbonyl (C=O) groups excluding carboxylic acids is 1. The number of rotatable bonds is 3. The van der Waals surface area contributed by atoms with Crippen LogP contribution in [0.15, 0.2) is 36.7 Å². The molecule has 0 radical (unpaired) electrons. The lowest BCUT2D eigenvalue weighted by atomic mass is 10.1. The summed E-state index contributed by atoms with van der Waals surface area (Å²) in [6.45, 7) is 2.12. The lowest BCUT2D eigenvalue weighted by Crippen LogP contribution is -2.39. The Labute approximate surface area is 128 Å². The number of imidazole rings is 1. The first-order valence-electron chi connectivity index (χ1n) is 6.80. The highest BCUT2D eigenvalue weighted by atomic mass is 32.1. The third-order valence-corrected chi connectivity index (χ3v) is 3.93. The fraction of sp³-hybridized carbons (Fsp3) is 0.267. The molecule has 2 aromatic rings. The summed E-state index contributed by atoms with van der Waals surface area (Å²) in [5.74, 6) is 1.06. The van der Waals surface area contributed by atoms with Crippen LogP contribution in [0.4, 0.5) is 0 Å². The largest absolute Gasteiger partial charge is 0.389 e. The molecule has 0 fully saturated rings. The molecule has 0 bridgehead atoms. The maximum Gasteiger partial charge on any atom is 0.227 e. The van der Waals surface area contributed by atoms with Gasteiger partial charge in [0.05, 0.1) is 13.0 Å². The Kier molecular flexibility index (Phi) is 3.70. The highest BCUT2D eigenvalue weighted by Gasteiger charge is 2.21. The van der Waals surface area contributed by atoms with Crippen LogP contribution in [0.5, 0.6) is 0 Å². The van der Waals surface area contributed by atoms with Crippen LogP contribution in [0.25, 0.3) is 0 Å². The second-order valence-corrected chi connectivity index (χ2v) is 5.53. The summed E-state index contributed by atoms with van der Waals surface area (Å²) in [6, 6.07) is 7.51. The van der Waals surface area contributed by atoms with Gasteiger partial charge in [-0.05, 0) is 5.56 Å². The summed E-state index contributed by atoms with van der Waals surface area (Å²) < 4.78 is 2.08. The zero-order valence-corrected chi connectivity index (χ0v) is 12.3.